The molecule has 0 bridgehead atoms. The SMILES string of the molecule is Cc1ccc(COc2ccccc2CNC2CC2)c(Cl)c1. The molecule has 1 saturated carbocycles. The molecule has 0 unspecified atom stereocenters. The fourth-order valence-corrected chi connectivity index (χ4v) is 2.55. The number of hydrogen-bond acceptors (Lipinski definition) is 2. The summed E-state index contributed by atoms with van der Waals surface area (Å²) in [7, 11) is 0. The van der Waals surface area contributed by atoms with E-state index in [1.165, 1.54) is 18.4 Å². The second-order valence-electron chi connectivity index (χ2n) is 5.65. The van der Waals surface area contributed by atoms with E-state index in [9.17, 15) is 0 Å². The quantitative estimate of drug-likeness (QED) is 0.849. The van der Waals surface area contributed by atoms with Crippen LogP contribution in [-0.2, 0) is 13.2 Å². The molecule has 2 aromatic rings. The predicted octanol–water partition coefficient (Wildman–Crippen LogP) is 4.48. The van der Waals surface area contributed by atoms with Crippen LogP contribution in [0.5, 0.6) is 5.75 Å². The van der Waals surface area contributed by atoms with Crippen molar-refractivity contribution in [1.82, 2.24) is 5.32 Å². The number of rotatable bonds is 6. The molecule has 21 heavy (non-hydrogen) atoms. The second-order valence-corrected chi connectivity index (χ2v) is 6.05. The molecule has 0 atom stereocenters. The molecule has 0 heterocycles. The number of para-hydroxylation sites is 1. The van der Waals surface area contributed by atoms with Gasteiger partial charge in [-0.1, -0.05) is 41.9 Å². The van der Waals surface area contributed by atoms with Crippen molar-refractivity contribution in [3.8, 4) is 5.75 Å². The summed E-state index contributed by atoms with van der Waals surface area (Å²) in [4.78, 5) is 0. The van der Waals surface area contributed by atoms with E-state index in [0.717, 1.165) is 28.4 Å². The van der Waals surface area contributed by atoms with Gasteiger partial charge < -0.3 is 10.1 Å². The van der Waals surface area contributed by atoms with E-state index < -0.39 is 0 Å². The van der Waals surface area contributed by atoms with Crippen LogP contribution >= 0.6 is 11.6 Å². The van der Waals surface area contributed by atoms with Gasteiger partial charge in [0, 0.05) is 28.7 Å². The fraction of sp³-hybridized carbons (Fsp3) is 0.333. The summed E-state index contributed by atoms with van der Waals surface area (Å²) in [5, 5.41) is 4.29. The number of aryl methyl sites for hydroxylation is 1. The number of benzene rings is 2. The van der Waals surface area contributed by atoms with E-state index >= 15 is 0 Å². The smallest absolute Gasteiger partial charge is 0.124 e. The lowest BCUT2D eigenvalue weighted by Crippen LogP contribution is -2.16. The number of ether oxygens (including phenoxy) is 1. The molecule has 1 fully saturated rings. The van der Waals surface area contributed by atoms with E-state index in [-0.39, 0.29) is 0 Å². The number of halogens is 1. The third-order valence-corrected chi connectivity index (χ3v) is 4.07. The Kier molecular flexibility index (Phi) is 4.47. The Hall–Kier alpha value is -1.51. The van der Waals surface area contributed by atoms with Gasteiger partial charge in [-0.2, -0.15) is 0 Å². The highest BCUT2D eigenvalue weighted by Crippen LogP contribution is 2.24. The molecule has 0 spiro atoms. The van der Waals surface area contributed by atoms with E-state index in [2.05, 4.69) is 23.5 Å². The van der Waals surface area contributed by atoms with Crippen molar-refractivity contribution in [3.05, 3.63) is 64.2 Å². The molecule has 1 aliphatic carbocycles. The molecule has 110 valence electrons. The molecule has 1 N–H and O–H groups in total. The predicted molar refractivity (Wildman–Crippen MR) is 86.8 cm³/mol. The molecular formula is C18H20ClNO. The monoisotopic (exact) mass is 301 g/mol. The van der Waals surface area contributed by atoms with Gasteiger partial charge in [0.15, 0.2) is 0 Å². The molecule has 1 aliphatic rings. The largest absolute Gasteiger partial charge is 0.489 e. The molecule has 3 rings (SSSR count). The van der Waals surface area contributed by atoms with E-state index in [0.29, 0.717) is 12.6 Å². The van der Waals surface area contributed by atoms with Gasteiger partial charge in [0.25, 0.3) is 0 Å². The Labute approximate surface area is 131 Å². The highest BCUT2D eigenvalue weighted by atomic mass is 35.5. The first-order valence-corrected chi connectivity index (χ1v) is 7.79. The summed E-state index contributed by atoms with van der Waals surface area (Å²) in [5.41, 5.74) is 3.39. The maximum atomic E-state index is 6.25. The zero-order valence-electron chi connectivity index (χ0n) is 12.2. The number of nitrogens with one attached hydrogen (secondary N) is 1. The van der Waals surface area contributed by atoms with Crippen molar-refractivity contribution in [3.63, 3.8) is 0 Å². The van der Waals surface area contributed by atoms with Crippen LogP contribution in [0.25, 0.3) is 0 Å². The van der Waals surface area contributed by atoms with Crippen LogP contribution in [0, 0.1) is 6.92 Å². The van der Waals surface area contributed by atoms with E-state index in [1.807, 2.05) is 31.2 Å². The van der Waals surface area contributed by atoms with Crippen LogP contribution in [0.15, 0.2) is 42.5 Å². The third kappa shape index (κ3) is 3.99. The summed E-state index contributed by atoms with van der Waals surface area (Å²) in [6.45, 7) is 3.40. The highest BCUT2D eigenvalue weighted by Gasteiger charge is 2.20. The lowest BCUT2D eigenvalue weighted by atomic mass is 10.1. The van der Waals surface area contributed by atoms with Gasteiger partial charge in [0.2, 0.25) is 0 Å². The minimum Gasteiger partial charge on any atom is -0.489 e. The molecule has 0 aromatic heterocycles. The van der Waals surface area contributed by atoms with E-state index in [1.54, 1.807) is 0 Å². The van der Waals surface area contributed by atoms with Gasteiger partial charge in [-0.3, -0.25) is 0 Å². The zero-order valence-corrected chi connectivity index (χ0v) is 13.0. The van der Waals surface area contributed by atoms with Crippen molar-refractivity contribution in [2.45, 2.75) is 39.0 Å². The second kappa shape index (κ2) is 6.50. The molecule has 0 saturated heterocycles. The first-order valence-electron chi connectivity index (χ1n) is 7.41. The minimum absolute atomic E-state index is 0.500. The number of hydrogen-bond donors (Lipinski definition) is 1. The highest BCUT2D eigenvalue weighted by molar-refractivity contribution is 6.31. The average Bonchev–Trinajstić information content (AvgIpc) is 3.29. The third-order valence-electron chi connectivity index (χ3n) is 3.72. The van der Waals surface area contributed by atoms with Crippen molar-refractivity contribution in [2.24, 2.45) is 0 Å². The van der Waals surface area contributed by atoms with Crippen LogP contribution in [0.3, 0.4) is 0 Å². The molecular weight excluding hydrogens is 282 g/mol. The lowest BCUT2D eigenvalue weighted by molar-refractivity contribution is 0.302. The van der Waals surface area contributed by atoms with Crippen molar-refractivity contribution in [2.75, 3.05) is 0 Å². The summed E-state index contributed by atoms with van der Waals surface area (Å²) >= 11 is 6.25. The Morgan fingerprint density at radius 1 is 1.14 bits per heavy atom. The molecule has 0 aliphatic heterocycles. The Morgan fingerprint density at radius 3 is 2.71 bits per heavy atom. The maximum absolute atomic E-state index is 6.25. The topological polar surface area (TPSA) is 21.3 Å². The summed E-state index contributed by atoms with van der Waals surface area (Å²) in [5.74, 6) is 0.933. The van der Waals surface area contributed by atoms with Crippen molar-refractivity contribution in [1.29, 1.82) is 0 Å². The lowest BCUT2D eigenvalue weighted by Gasteiger charge is -2.13. The van der Waals surface area contributed by atoms with Crippen LogP contribution in [-0.4, -0.2) is 6.04 Å². The van der Waals surface area contributed by atoms with E-state index in [4.69, 9.17) is 16.3 Å². The van der Waals surface area contributed by atoms with Crippen LogP contribution < -0.4 is 10.1 Å². The zero-order chi connectivity index (χ0) is 14.7. The average molecular weight is 302 g/mol. The van der Waals surface area contributed by atoms with Crippen LogP contribution in [0.1, 0.15) is 29.5 Å². The van der Waals surface area contributed by atoms with Crippen LogP contribution in [0.2, 0.25) is 5.02 Å². The van der Waals surface area contributed by atoms with Crippen molar-refractivity contribution < 1.29 is 4.74 Å². The van der Waals surface area contributed by atoms with Crippen LogP contribution in [0.4, 0.5) is 0 Å². The Balaban J connectivity index is 1.66. The van der Waals surface area contributed by atoms with Gasteiger partial charge in [-0.25, -0.2) is 0 Å². The normalized spacial score (nSPS) is 14.2. The molecule has 3 heteroatoms. The molecule has 2 nitrogen and oxygen atoms in total. The molecule has 0 radical (unpaired) electrons. The molecule has 2 aromatic carbocycles. The van der Waals surface area contributed by atoms with Gasteiger partial charge in [0.1, 0.15) is 12.4 Å². The maximum Gasteiger partial charge on any atom is 0.124 e. The fourth-order valence-electron chi connectivity index (χ4n) is 2.26. The van der Waals surface area contributed by atoms with Gasteiger partial charge in [-0.05, 0) is 37.5 Å². The van der Waals surface area contributed by atoms with Gasteiger partial charge in [-0.15, -0.1) is 0 Å². The first kappa shape index (κ1) is 14.4. The standard InChI is InChI=1S/C18H20ClNO/c1-13-6-7-15(17(19)10-13)12-21-18-5-3-2-4-14(18)11-20-16-8-9-16/h2-7,10,16,20H,8-9,11-12H2,1H3. The van der Waals surface area contributed by atoms with Gasteiger partial charge >= 0.3 is 0 Å². The minimum atomic E-state index is 0.500. The molecule has 0 amide bonds. The van der Waals surface area contributed by atoms with Gasteiger partial charge in [0.05, 0.1) is 0 Å². The first-order chi connectivity index (χ1) is 10.2. The Bertz CT molecular complexity index is 622. The van der Waals surface area contributed by atoms with Crippen molar-refractivity contribution >= 4 is 11.6 Å². The summed E-state index contributed by atoms with van der Waals surface area (Å²) in [6, 6.07) is 15.0. The summed E-state index contributed by atoms with van der Waals surface area (Å²) in [6.07, 6.45) is 2.59. The summed E-state index contributed by atoms with van der Waals surface area (Å²) < 4.78 is 5.97. The Morgan fingerprint density at radius 2 is 1.95 bits per heavy atom.